The van der Waals surface area contributed by atoms with Gasteiger partial charge in [-0.05, 0) is 35.4 Å². The van der Waals surface area contributed by atoms with Crippen LogP contribution in [-0.4, -0.2) is 22.6 Å². The molecule has 0 spiro atoms. The smallest absolute Gasteiger partial charge is 0.307 e. The summed E-state index contributed by atoms with van der Waals surface area (Å²) in [5.74, 6) is -0.994. The maximum absolute atomic E-state index is 11.0. The Bertz CT molecular complexity index is 654. The standard InChI is InChI=1S/C16H18N2O2/c1-2-10-7-17-8-12-5-11(3-4-14(10)12)15-6-13(9-18-15)16(19)20/h3-5,7-8,13,15,18H,2,6,9H2,1H3,(H,19,20). The minimum atomic E-state index is -0.712. The Morgan fingerprint density at radius 2 is 2.30 bits per heavy atom. The predicted octanol–water partition coefficient (Wildman–Crippen LogP) is 2.53. The highest BCUT2D eigenvalue weighted by Crippen LogP contribution is 2.30. The first kappa shape index (κ1) is 13.1. The van der Waals surface area contributed by atoms with Gasteiger partial charge in [-0.25, -0.2) is 0 Å². The molecule has 3 rings (SSSR count). The zero-order chi connectivity index (χ0) is 14.1. The molecule has 20 heavy (non-hydrogen) atoms. The van der Waals surface area contributed by atoms with E-state index < -0.39 is 5.97 Å². The Hall–Kier alpha value is -1.94. The van der Waals surface area contributed by atoms with Gasteiger partial charge >= 0.3 is 5.97 Å². The maximum atomic E-state index is 11.0. The van der Waals surface area contributed by atoms with Crippen molar-refractivity contribution >= 4 is 16.7 Å². The van der Waals surface area contributed by atoms with E-state index in [-0.39, 0.29) is 12.0 Å². The molecule has 2 aromatic rings. The lowest BCUT2D eigenvalue weighted by molar-refractivity contribution is -0.141. The highest BCUT2D eigenvalue weighted by Gasteiger charge is 2.30. The van der Waals surface area contributed by atoms with E-state index in [0.29, 0.717) is 13.0 Å². The van der Waals surface area contributed by atoms with Crippen LogP contribution >= 0.6 is 0 Å². The lowest BCUT2D eigenvalue weighted by Crippen LogP contribution is -2.17. The molecule has 2 heterocycles. The largest absolute Gasteiger partial charge is 0.481 e. The molecule has 1 fully saturated rings. The van der Waals surface area contributed by atoms with Crippen LogP contribution in [0.25, 0.3) is 10.8 Å². The Balaban J connectivity index is 1.92. The molecule has 0 saturated carbocycles. The van der Waals surface area contributed by atoms with Crippen molar-refractivity contribution in [2.24, 2.45) is 5.92 Å². The first-order valence-corrected chi connectivity index (χ1v) is 7.01. The number of aryl methyl sites for hydroxylation is 1. The molecule has 2 atom stereocenters. The second-order valence-corrected chi connectivity index (χ2v) is 5.36. The summed E-state index contributed by atoms with van der Waals surface area (Å²) in [6.45, 7) is 2.67. The molecule has 1 aliphatic rings. The number of fused-ring (bicyclic) bond motifs is 1. The molecule has 1 saturated heterocycles. The van der Waals surface area contributed by atoms with Gasteiger partial charge in [0.1, 0.15) is 0 Å². The third-order valence-corrected chi connectivity index (χ3v) is 4.13. The molecule has 2 unspecified atom stereocenters. The average molecular weight is 270 g/mol. The van der Waals surface area contributed by atoms with Gasteiger partial charge in [-0.15, -0.1) is 0 Å². The monoisotopic (exact) mass is 270 g/mol. The van der Waals surface area contributed by atoms with E-state index in [4.69, 9.17) is 5.11 Å². The minimum absolute atomic E-state index is 0.130. The van der Waals surface area contributed by atoms with Gasteiger partial charge in [-0.2, -0.15) is 0 Å². The molecule has 1 aliphatic heterocycles. The number of carboxylic acids is 1. The second-order valence-electron chi connectivity index (χ2n) is 5.36. The zero-order valence-corrected chi connectivity index (χ0v) is 11.5. The fourth-order valence-electron chi connectivity index (χ4n) is 2.93. The molecule has 104 valence electrons. The fourth-order valence-corrected chi connectivity index (χ4v) is 2.93. The molecule has 0 amide bonds. The predicted molar refractivity (Wildman–Crippen MR) is 77.6 cm³/mol. The number of rotatable bonds is 3. The number of hydrogen-bond donors (Lipinski definition) is 2. The van der Waals surface area contributed by atoms with Crippen LogP contribution < -0.4 is 5.32 Å². The number of benzene rings is 1. The maximum Gasteiger partial charge on any atom is 0.307 e. The van der Waals surface area contributed by atoms with Gasteiger partial charge in [0.15, 0.2) is 0 Å². The second kappa shape index (κ2) is 5.21. The van der Waals surface area contributed by atoms with E-state index in [1.807, 2.05) is 12.4 Å². The first-order chi connectivity index (χ1) is 9.69. The number of hydrogen-bond acceptors (Lipinski definition) is 3. The van der Waals surface area contributed by atoms with Crippen molar-refractivity contribution in [2.75, 3.05) is 6.54 Å². The Morgan fingerprint density at radius 3 is 3.00 bits per heavy atom. The number of aromatic nitrogens is 1. The molecular formula is C16H18N2O2. The lowest BCUT2D eigenvalue weighted by Gasteiger charge is -2.12. The van der Waals surface area contributed by atoms with Crippen LogP contribution in [0.1, 0.15) is 30.5 Å². The van der Waals surface area contributed by atoms with Crippen LogP contribution in [0.2, 0.25) is 0 Å². The quantitative estimate of drug-likeness (QED) is 0.899. The Morgan fingerprint density at radius 1 is 1.45 bits per heavy atom. The number of nitrogens with zero attached hydrogens (tertiary/aromatic N) is 1. The van der Waals surface area contributed by atoms with Crippen LogP contribution in [0.5, 0.6) is 0 Å². The number of aliphatic carboxylic acids is 1. The Labute approximate surface area is 117 Å². The van der Waals surface area contributed by atoms with E-state index in [0.717, 1.165) is 17.4 Å². The molecule has 0 radical (unpaired) electrons. The van der Waals surface area contributed by atoms with Crippen molar-refractivity contribution in [3.63, 3.8) is 0 Å². The van der Waals surface area contributed by atoms with Crippen LogP contribution in [0.3, 0.4) is 0 Å². The number of nitrogens with one attached hydrogen (secondary N) is 1. The zero-order valence-electron chi connectivity index (χ0n) is 11.5. The van der Waals surface area contributed by atoms with Crippen molar-refractivity contribution in [3.05, 3.63) is 41.7 Å². The fraction of sp³-hybridized carbons (Fsp3) is 0.375. The van der Waals surface area contributed by atoms with Crippen molar-refractivity contribution in [1.82, 2.24) is 10.3 Å². The molecule has 0 bridgehead atoms. The van der Waals surface area contributed by atoms with Gasteiger partial charge in [-0.3, -0.25) is 9.78 Å². The average Bonchev–Trinajstić information content (AvgIpc) is 2.96. The molecular weight excluding hydrogens is 252 g/mol. The van der Waals surface area contributed by atoms with Crippen molar-refractivity contribution in [2.45, 2.75) is 25.8 Å². The SMILES string of the molecule is CCc1cncc2cc(C3CC(C(=O)O)CN3)ccc12. The van der Waals surface area contributed by atoms with Crippen LogP contribution in [0.15, 0.2) is 30.6 Å². The van der Waals surface area contributed by atoms with E-state index in [9.17, 15) is 4.79 Å². The summed E-state index contributed by atoms with van der Waals surface area (Å²) < 4.78 is 0. The van der Waals surface area contributed by atoms with Crippen molar-refractivity contribution < 1.29 is 9.90 Å². The van der Waals surface area contributed by atoms with E-state index in [2.05, 4.69) is 35.4 Å². The van der Waals surface area contributed by atoms with E-state index in [1.165, 1.54) is 10.9 Å². The van der Waals surface area contributed by atoms with Crippen LogP contribution in [0.4, 0.5) is 0 Å². The normalized spacial score (nSPS) is 22.2. The van der Waals surface area contributed by atoms with Gasteiger partial charge in [0.25, 0.3) is 0 Å². The highest BCUT2D eigenvalue weighted by atomic mass is 16.4. The molecule has 4 heteroatoms. The summed E-state index contributed by atoms with van der Waals surface area (Å²) in [6, 6.07) is 6.49. The first-order valence-electron chi connectivity index (χ1n) is 7.01. The lowest BCUT2D eigenvalue weighted by atomic mass is 9.97. The number of pyridine rings is 1. The molecule has 4 nitrogen and oxygen atoms in total. The summed E-state index contributed by atoms with van der Waals surface area (Å²) >= 11 is 0. The summed E-state index contributed by atoms with van der Waals surface area (Å²) in [5, 5.41) is 14.7. The van der Waals surface area contributed by atoms with Gasteiger partial charge < -0.3 is 10.4 Å². The third-order valence-electron chi connectivity index (χ3n) is 4.13. The summed E-state index contributed by atoms with van der Waals surface area (Å²) in [4.78, 5) is 15.3. The van der Waals surface area contributed by atoms with Crippen LogP contribution in [-0.2, 0) is 11.2 Å². The molecule has 0 aliphatic carbocycles. The Kier molecular flexibility index (Phi) is 3.40. The van der Waals surface area contributed by atoms with E-state index >= 15 is 0 Å². The van der Waals surface area contributed by atoms with Crippen LogP contribution in [0, 0.1) is 5.92 Å². The summed E-state index contributed by atoms with van der Waals surface area (Å²) in [5.41, 5.74) is 2.40. The molecule has 1 aromatic carbocycles. The summed E-state index contributed by atoms with van der Waals surface area (Å²) in [6.07, 6.45) is 5.41. The van der Waals surface area contributed by atoms with Gasteiger partial charge in [0.2, 0.25) is 0 Å². The van der Waals surface area contributed by atoms with E-state index in [1.54, 1.807) is 0 Å². The topological polar surface area (TPSA) is 62.2 Å². The van der Waals surface area contributed by atoms with Crippen molar-refractivity contribution in [3.8, 4) is 0 Å². The third kappa shape index (κ3) is 2.27. The van der Waals surface area contributed by atoms with Gasteiger partial charge in [0.05, 0.1) is 5.92 Å². The summed E-state index contributed by atoms with van der Waals surface area (Å²) in [7, 11) is 0. The molecule has 1 aromatic heterocycles. The number of carbonyl (C=O) groups is 1. The van der Waals surface area contributed by atoms with Gasteiger partial charge in [0, 0.05) is 30.4 Å². The highest BCUT2D eigenvalue weighted by molar-refractivity contribution is 5.85. The van der Waals surface area contributed by atoms with Gasteiger partial charge in [-0.1, -0.05) is 19.1 Å². The van der Waals surface area contributed by atoms with Crippen molar-refractivity contribution in [1.29, 1.82) is 0 Å². The molecule has 2 N–H and O–H groups in total. The minimum Gasteiger partial charge on any atom is -0.481 e. The number of carboxylic acid groups (broad SMARTS) is 1.